The SMILES string of the molecule is COc1ccc(/C=C/C(=O)Nc2ccc3c(c2)OCC(=O)N3CCOc2ccccc2)cc1OC. The van der Waals surface area contributed by atoms with Crippen molar-refractivity contribution in [3.05, 3.63) is 78.4 Å². The summed E-state index contributed by atoms with van der Waals surface area (Å²) in [7, 11) is 3.12. The van der Waals surface area contributed by atoms with Crippen molar-refractivity contribution in [1.82, 2.24) is 0 Å². The fraction of sp³-hybridized carbons (Fsp3) is 0.185. The van der Waals surface area contributed by atoms with Gasteiger partial charge in [0.25, 0.3) is 5.91 Å². The van der Waals surface area contributed by atoms with Gasteiger partial charge in [-0.15, -0.1) is 0 Å². The minimum Gasteiger partial charge on any atom is -0.493 e. The topological polar surface area (TPSA) is 86.3 Å². The van der Waals surface area contributed by atoms with Gasteiger partial charge in [-0.1, -0.05) is 24.3 Å². The summed E-state index contributed by atoms with van der Waals surface area (Å²) < 4.78 is 21.8. The highest BCUT2D eigenvalue weighted by atomic mass is 16.5. The third-order valence-electron chi connectivity index (χ3n) is 5.33. The molecule has 0 unspecified atom stereocenters. The van der Waals surface area contributed by atoms with Crippen LogP contribution < -0.4 is 29.2 Å². The van der Waals surface area contributed by atoms with Crippen molar-refractivity contribution >= 4 is 29.3 Å². The molecule has 0 saturated heterocycles. The van der Waals surface area contributed by atoms with Crippen LogP contribution in [0.2, 0.25) is 0 Å². The molecule has 0 aromatic heterocycles. The number of carbonyl (C=O) groups is 2. The zero-order chi connectivity index (χ0) is 24.6. The molecule has 0 atom stereocenters. The molecule has 0 fully saturated rings. The van der Waals surface area contributed by atoms with E-state index in [0.29, 0.717) is 41.8 Å². The zero-order valence-electron chi connectivity index (χ0n) is 19.5. The molecule has 1 heterocycles. The molecule has 2 amide bonds. The number of fused-ring (bicyclic) bond motifs is 1. The molecular formula is C27H26N2O6. The molecule has 0 saturated carbocycles. The standard InChI is InChI=1S/C27H26N2O6/c1-32-23-12-8-19(16-25(23)33-2)9-13-26(30)28-20-10-11-22-24(17-20)35-18-27(31)29(22)14-15-34-21-6-4-3-5-7-21/h3-13,16-17H,14-15,18H2,1-2H3,(H,28,30)/b13-9+. The lowest BCUT2D eigenvalue weighted by Gasteiger charge is -2.29. The summed E-state index contributed by atoms with van der Waals surface area (Å²) in [6, 6.07) is 20.0. The van der Waals surface area contributed by atoms with Crippen molar-refractivity contribution in [3.63, 3.8) is 0 Å². The van der Waals surface area contributed by atoms with Gasteiger partial charge in [0.2, 0.25) is 5.91 Å². The first-order valence-electron chi connectivity index (χ1n) is 11.0. The Balaban J connectivity index is 1.39. The monoisotopic (exact) mass is 474 g/mol. The van der Waals surface area contributed by atoms with Gasteiger partial charge in [-0.05, 0) is 48.0 Å². The average molecular weight is 475 g/mol. The smallest absolute Gasteiger partial charge is 0.265 e. The second kappa shape index (κ2) is 11.1. The van der Waals surface area contributed by atoms with E-state index in [1.165, 1.54) is 6.08 Å². The second-order valence-corrected chi connectivity index (χ2v) is 7.62. The normalized spacial score (nSPS) is 12.6. The molecular weight excluding hydrogens is 448 g/mol. The second-order valence-electron chi connectivity index (χ2n) is 7.62. The molecule has 35 heavy (non-hydrogen) atoms. The van der Waals surface area contributed by atoms with Gasteiger partial charge in [-0.25, -0.2) is 0 Å². The van der Waals surface area contributed by atoms with Crippen LogP contribution >= 0.6 is 0 Å². The van der Waals surface area contributed by atoms with E-state index in [0.717, 1.165) is 11.3 Å². The number of benzene rings is 3. The van der Waals surface area contributed by atoms with Crippen LogP contribution in [0.15, 0.2) is 72.8 Å². The number of rotatable bonds is 9. The summed E-state index contributed by atoms with van der Waals surface area (Å²) in [6.45, 7) is 0.646. The number of anilines is 2. The summed E-state index contributed by atoms with van der Waals surface area (Å²) in [4.78, 5) is 26.5. The van der Waals surface area contributed by atoms with Gasteiger partial charge in [0.1, 0.15) is 18.1 Å². The molecule has 0 bridgehead atoms. The van der Waals surface area contributed by atoms with Gasteiger partial charge < -0.3 is 29.2 Å². The Morgan fingerprint density at radius 3 is 2.60 bits per heavy atom. The van der Waals surface area contributed by atoms with E-state index in [2.05, 4.69) is 5.32 Å². The van der Waals surface area contributed by atoms with E-state index in [1.54, 1.807) is 55.5 Å². The Hall–Kier alpha value is -4.46. The summed E-state index contributed by atoms with van der Waals surface area (Å²) in [5.74, 6) is 2.00. The highest BCUT2D eigenvalue weighted by molar-refractivity contribution is 6.03. The Bertz CT molecular complexity index is 1230. The quantitative estimate of drug-likeness (QED) is 0.469. The molecule has 8 heteroatoms. The van der Waals surface area contributed by atoms with Gasteiger partial charge >= 0.3 is 0 Å². The molecule has 1 aliphatic rings. The van der Waals surface area contributed by atoms with Gasteiger partial charge in [-0.3, -0.25) is 9.59 Å². The van der Waals surface area contributed by atoms with Crippen LogP contribution in [0.1, 0.15) is 5.56 Å². The van der Waals surface area contributed by atoms with E-state index in [-0.39, 0.29) is 18.4 Å². The van der Waals surface area contributed by atoms with Gasteiger partial charge in [0, 0.05) is 17.8 Å². The Morgan fingerprint density at radius 2 is 1.83 bits per heavy atom. The van der Waals surface area contributed by atoms with Crippen LogP contribution in [0.4, 0.5) is 11.4 Å². The van der Waals surface area contributed by atoms with Crippen molar-refractivity contribution < 1.29 is 28.5 Å². The van der Waals surface area contributed by atoms with Crippen LogP contribution in [-0.2, 0) is 9.59 Å². The fourth-order valence-corrected chi connectivity index (χ4v) is 3.61. The molecule has 8 nitrogen and oxygen atoms in total. The fourth-order valence-electron chi connectivity index (χ4n) is 3.61. The molecule has 0 aliphatic carbocycles. The maximum absolute atomic E-state index is 12.4. The molecule has 4 rings (SSSR count). The molecule has 1 aliphatic heterocycles. The lowest BCUT2D eigenvalue weighted by molar-refractivity contribution is -0.121. The van der Waals surface area contributed by atoms with Crippen LogP contribution in [0.5, 0.6) is 23.0 Å². The number of nitrogens with one attached hydrogen (secondary N) is 1. The summed E-state index contributed by atoms with van der Waals surface area (Å²) >= 11 is 0. The third-order valence-corrected chi connectivity index (χ3v) is 5.33. The number of carbonyl (C=O) groups excluding carboxylic acids is 2. The van der Waals surface area contributed by atoms with Crippen molar-refractivity contribution in [3.8, 4) is 23.0 Å². The third kappa shape index (κ3) is 5.92. The Morgan fingerprint density at radius 1 is 1.03 bits per heavy atom. The molecule has 3 aromatic rings. The van der Waals surface area contributed by atoms with Crippen molar-refractivity contribution in [1.29, 1.82) is 0 Å². The van der Waals surface area contributed by atoms with Crippen molar-refractivity contribution in [2.45, 2.75) is 0 Å². The number of para-hydroxylation sites is 1. The first-order chi connectivity index (χ1) is 17.1. The highest BCUT2D eigenvalue weighted by Gasteiger charge is 2.25. The Labute approximate surface area is 203 Å². The molecule has 0 radical (unpaired) electrons. The summed E-state index contributed by atoms with van der Waals surface area (Å²) in [5.41, 5.74) is 1.98. The van der Waals surface area contributed by atoms with Crippen LogP contribution in [0, 0.1) is 0 Å². The lowest BCUT2D eigenvalue weighted by atomic mass is 10.2. The van der Waals surface area contributed by atoms with E-state index < -0.39 is 0 Å². The van der Waals surface area contributed by atoms with Crippen LogP contribution in [0.3, 0.4) is 0 Å². The van der Waals surface area contributed by atoms with Gasteiger partial charge in [0.05, 0.1) is 26.5 Å². The van der Waals surface area contributed by atoms with Gasteiger partial charge in [-0.2, -0.15) is 0 Å². The van der Waals surface area contributed by atoms with Crippen molar-refractivity contribution in [2.24, 2.45) is 0 Å². The molecule has 1 N–H and O–H groups in total. The van der Waals surface area contributed by atoms with Crippen LogP contribution in [-0.4, -0.2) is 45.8 Å². The predicted octanol–water partition coefficient (Wildman–Crippen LogP) is 4.16. The first-order valence-corrected chi connectivity index (χ1v) is 11.0. The van der Waals surface area contributed by atoms with E-state index in [4.69, 9.17) is 18.9 Å². The largest absolute Gasteiger partial charge is 0.493 e. The van der Waals surface area contributed by atoms with Crippen molar-refractivity contribution in [2.75, 3.05) is 44.2 Å². The first kappa shape index (κ1) is 23.7. The minimum absolute atomic E-state index is 0.0745. The molecule has 0 spiro atoms. The minimum atomic E-state index is -0.306. The highest BCUT2D eigenvalue weighted by Crippen LogP contribution is 2.34. The number of amides is 2. The number of hydrogen-bond donors (Lipinski definition) is 1. The molecule has 3 aromatic carbocycles. The number of methoxy groups -OCH3 is 2. The van der Waals surface area contributed by atoms with E-state index >= 15 is 0 Å². The number of ether oxygens (including phenoxy) is 4. The number of hydrogen-bond acceptors (Lipinski definition) is 6. The summed E-state index contributed by atoms with van der Waals surface area (Å²) in [5, 5.41) is 2.81. The molecule has 180 valence electrons. The maximum atomic E-state index is 12.4. The van der Waals surface area contributed by atoms with E-state index in [1.807, 2.05) is 36.4 Å². The predicted molar refractivity (Wildman–Crippen MR) is 133 cm³/mol. The maximum Gasteiger partial charge on any atom is 0.265 e. The average Bonchev–Trinajstić information content (AvgIpc) is 2.89. The van der Waals surface area contributed by atoms with Crippen LogP contribution in [0.25, 0.3) is 6.08 Å². The zero-order valence-corrected chi connectivity index (χ0v) is 19.5. The van der Waals surface area contributed by atoms with E-state index in [9.17, 15) is 9.59 Å². The number of nitrogens with zero attached hydrogens (tertiary/aromatic N) is 1. The Kier molecular flexibility index (Phi) is 7.52. The van der Waals surface area contributed by atoms with Gasteiger partial charge in [0.15, 0.2) is 18.1 Å². The lowest BCUT2D eigenvalue weighted by Crippen LogP contribution is -2.41. The summed E-state index contributed by atoms with van der Waals surface area (Å²) in [6.07, 6.45) is 3.11.